The summed E-state index contributed by atoms with van der Waals surface area (Å²) in [7, 11) is 1.74. The van der Waals surface area contributed by atoms with Gasteiger partial charge in [-0.2, -0.15) is 0 Å². The molecule has 1 atom stereocenters. The lowest BCUT2D eigenvalue weighted by molar-refractivity contribution is -0.0661. The third kappa shape index (κ3) is 2.85. The van der Waals surface area contributed by atoms with Crippen LogP contribution in [0, 0.1) is 5.92 Å². The van der Waals surface area contributed by atoms with Crippen LogP contribution in [0.5, 0.6) is 0 Å². The maximum Gasteiger partial charge on any atom is 0.257 e. The van der Waals surface area contributed by atoms with Gasteiger partial charge in [-0.3, -0.25) is 4.79 Å². The summed E-state index contributed by atoms with van der Waals surface area (Å²) in [6, 6.07) is 1.72. The van der Waals surface area contributed by atoms with Crippen molar-refractivity contribution in [2.75, 3.05) is 33.4 Å². The molecule has 2 aliphatic rings. The number of ether oxygens (including phenoxy) is 2. The Bertz CT molecular complexity index is 463. The molecule has 0 aromatic carbocycles. The summed E-state index contributed by atoms with van der Waals surface area (Å²) in [5.41, 5.74) is 0.598. The van der Waals surface area contributed by atoms with Crippen molar-refractivity contribution in [1.82, 2.24) is 4.90 Å². The molecule has 21 heavy (non-hydrogen) atoms. The van der Waals surface area contributed by atoms with Crippen LogP contribution in [0.4, 0.5) is 0 Å². The SMILES string of the molecule is COCC[C@@H]1CCOC12CCN(C(=O)c1ccoc1)CC2. The lowest BCUT2D eigenvalue weighted by Crippen LogP contribution is -2.49. The van der Waals surface area contributed by atoms with E-state index in [1.807, 2.05) is 4.90 Å². The van der Waals surface area contributed by atoms with Crippen molar-refractivity contribution in [1.29, 1.82) is 0 Å². The number of hydrogen-bond donors (Lipinski definition) is 0. The van der Waals surface area contributed by atoms with Crippen molar-refractivity contribution in [2.24, 2.45) is 5.92 Å². The van der Waals surface area contributed by atoms with Crippen molar-refractivity contribution >= 4 is 5.91 Å². The van der Waals surface area contributed by atoms with E-state index in [4.69, 9.17) is 13.9 Å². The van der Waals surface area contributed by atoms with E-state index in [0.29, 0.717) is 11.5 Å². The molecular weight excluding hydrogens is 270 g/mol. The standard InChI is InChI=1S/C16H23NO4/c1-19-9-3-14-4-11-21-16(14)5-7-17(8-6-16)15(18)13-2-10-20-12-13/h2,10,12,14H,3-9,11H2,1H3/t14-/m1/s1. The Labute approximate surface area is 125 Å². The molecule has 116 valence electrons. The molecule has 1 aromatic rings. The minimum atomic E-state index is -0.0360. The number of carbonyl (C=O) groups excluding carboxylic acids is 1. The monoisotopic (exact) mass is 293 g/mol. The largest absolute Gasteiger partial charge is 0.472 e. The number of piperidine rings is 1. The smallest absolute Gasteiger partial charge is 0.257 e. The Morgan fingerprint density at radius 3 is 2.95 bits per heavy atom. The van der Waals surface area contributed by atoms with E-state index in [1.165, 1.54) is 6.26 Å². The van der Waals surface area contributed by atoms with Crippen LogP contribution >= 0.6 is 0 Å². The van der Waals surface area contributed by atoms with Crippen molar-refractivity contribution in [3.63, 3.8) is 0 Å². The Kier molecular flexibility index (Phi) is 4.31. The highest BCUT2D eigenvalue weighted by atomic mass is 16.5. The second kappa shape index (κ2) is 6.20. The van der Waals surface area contributed by atoms with Crippen LogP contribution < -0.4 is 0 Å². The molecule has 0 saturated carbocycles. The molecule has 3 rings (SSSR count). The van der Waals surface area contributed by atoms with E-state index >= 15 is 0 Å². The first-order chi connectivity index (χ1) is 10.2. The number of carbonyl (C=O) groups is 1. The topological polar surface area (TPSA) is 51.9 Å². The Morgan fingerprint density at radius 1 is 1.48 bits per heavy atom. The average molecular weight is 293 g/mol. The zero-order chi connectivity index (χ0) is 14.7. The molecule has 2 saturated heterocycles. The number of likely N-dealkylation sites (tertiary alicyclic amines) is 1. The molecule has 5 nitrogen and oxygen atoms in total. The van der Waals surface area contributed by atoms with Crippen molar-refractivity contribution < 1.29 is 18.7 Å². The number of nitrogens with zero attached hydrogens (tertiary/aromatic N) is 1. The van der Waals surface area contributed by atoms with E-state index in [0.717, 1.165) is 52.0 Å². The first-order valence-electron chi connectivity index (χ1n) is 7.69. The predicted molar refractivity (Wildman–Crippen MR) is 77.1 cm³/mol. The van der Waals surface area contributed by atoms with Crippen LogP contribution in [0.3, 0.4) is 0 Å². The molecule has 0 unspecified atom stereocenters. The Morgan fingerprint density at radius 2 is 2.29 bits per heavy atom. The summed E-state index contributed by atoms with van der Waals surface area (Å²) in [5, 5.41) is 0. The summed E-state index contributed by atoms with van der Waals surface area (Å²) in [6.07, 6.45) is 7.06. The highest BCUT2D eigenvalue weighted by molar-refractivity contribution is 5.93. The van der Waals surface area contributed by atoms with Gasteiger partial charge in [0.25, 0.3) is 5.91 Å². The van der Waals surface area contributed by atoms with Gasteiger partial charge in [-0.05, 0) is 37.7 Å². The minimum absolute atomic E-state index is 0.0360. The van der Waals surface area contributed by atoms with Crippen molar-refractivity contribution in [3.05, 3.63) is 24.2 Å². The maximum absolute atomic E-state index is 12.3. The molecule has 2 fully saturated rings. The maximum atomic E-state index is 12.3. The lowest BCUT2D eigenvalue weighted by atomic mass is 9.78. The molecule has 2 aliphatic heterocycles. The van der Waals surface area contributed by atoms with Crippen LogP contribution in [0.2, 0.25) is 0 Å². The highest BCUT2D eigenvalue weighted by Crippen LogP contribution is 2.42. The normalized spacial score (nSPS) is 24.6. The number of rotatable bonds is 4. The van der Waals surface area contributed by atoms with Gasteiger partial charge in [0.15, 0.2) is 0 Å². The summed E-state index contributed by atoms with van der Waals surface area (Å²) in [6.45, 7) is 3.14. The minimum Gasteiger partial charge on any atom is -0.472 e. The average Bonchev–Trinajstić information content (AvgIpc) is 3.16. The Hall–Kier alpha value is -1.33. The fourth-order valence-corrected chi connectivity index (χ4v) is 3.66. The van der Waals surface area contributed by atoms with E-state index < -0.39 is 0 Å². The van der Waals surface area contributed by atoms with Gasteiger partial charge < -0.3 is 18.8 Å². The summed E-state index contributed by atoms with van der Waals surface area (Å²) < 4.78 is 16.3. The molecule has 0 bridgehead atoms. The molecule has 0 N–H and O–H groups in total. The van der Waals surface area contributed by atoms with Gasteiger partial charge in [-0.25, -0.2) is 0 Å². The second-order valence-corrected chi connectivity index (χ2v) is 5.98. The molecule has 1 aromatic heterocycles. The fraction of sp³-hybridized carbons (Fsp3) is 0.688. The van der Waals surface area contributed by atoms with Gasteiger partial charge >= 0.3 is 0 Å². The van der Waals surface area contributed by atoms with Gasteiger partial charge in [-0.1, -0.05) is 0 Å². The fourth-order valence-electron chi connectivity index (χ4n) is 3.66. The third-order valence-corrected chi connectivity index (χ3v) is 4.94. The molecule has 3 heterocycles. The quantitative estimate of drug-likeness (QED) is 0.855. The third-order valence-electron chi connectivity index (χ3n) is 4.94. The van der Waals surface area contributed by atoms with Crippen LogP contribution in [-0.4, -0.2) is 49.8 Å². The van der Waals surface area contributed by atoms with Crippen LogP contribution in [0.15, 0.2) is 23.0 Å². The van der Waals surface area contributed by atoms with Crippen molar-refractivity contribution in [2.45, 2.75) is 31.3 Å². The number of amides is 1. The van der Waals surface area contributed by atoms with Crippen LogP contribution in [0.25, 0.3) is 0 Å². The zero-order valence-corrected chi connectivity index (χ0v) is 12.5. The van der Waals surface area contributed by atoms with E-state index in [2.05, 4.69) is 0 Å². The van der Waals surface area contributed by atoms with E-state index in [9.17, 15) is 4.79 Å². The number of hydrogen-bond acceptors (Lipinski definition) is 4. The van der Waals surface area contributed by atoms with E-state index in [1.54, 1.807) is 19.4 Å². The molecule has 1 amide bonds. The van der Waals surface area contributed by atoms with Gasteiger partial charge in [0, 0.05) is 33.4 Å². The summed E-state index contributed by atoms with van der Waals surface area (Å²) >= 11 is 0. The van der Waals surface area contributed by atoms with Gasteiger partial charge in [0.05, 0.1) is 17.4 Å². The molecular formula is C16H23NO4. The first kappa shape index (κ1) is 14.6. The van der Waals surface area contributed by atoms with Gasteiger partial charge in [-0.15, -0.1) is 0 Å². The number of furan rings is 1. The van der Waals surface area contributed by atoms with Gasteiger partial charge in [0.1, 0.15) is 6.26 Å². The zero-order valence-electron chi connectivity index (χ0n) is 12.5. The Balaban J connectivity index is 1.60. The van der Waals surface area contributed by atoms with E-state index in [-0.39, 0.29) is 11.5 Å². The van der Waals surface area contributed by atoms with Crippen LogP contribution in [0.1, 0.15) is 36.0 Å². The summed E-state index contributed by atoms with van der Waals surface area (Å²) in [4.78, 5) is 14.2. The summed E-state index contributed by atoms with van der Waals surface area (Å²) in [5.74, 6) is 0.619. The lowest BCUT2D eigenvalue weighted by Gasteiger charge is -2.42. The molecule has 0 radical (unpaired) electrons. The molecule has 0 aliphatic carbocycles. The number of methoxy groups -OCH3 is 1. The van der Waals surface area contributed by atoms with Crippen LogP contribution in [-0.2, 0) is 9.47 Å². The molecule has 5 heteroatoms. The second-order valence-electron chi connectivity index (χ2n) is 5.98. The highest BCUT2D eigenvalue weighted by Gasteiger charge is 2.46. The first-order valence-corrected chi connectivity index (χ1v) is 7.69. The predicted octanol–water partition coefficient (Wildman–Crippen LogP) is 2.33. The van der Waals surface area contributed by atoms with Crippen molar-refractivity contribution in [3.8, 4) is 0 Å². The molecule has 1 spiro atoms. The van der Waals surface area contributed by atoms with Gasteiger partial charge in [0.2, 0.25) is 0 Å².